The van der Waals surface area contributed by atoms with E-state index >= 15 is 0 Å². The zero-order valence-electron chi connectivity index (χ0n) is 40.5. The van der Waals surface area contributed by atoms with E-state index < -0.39 is 0 Å². The molecule has 1 fully saturated rings. The fourth-order valence-electron chi connectivity index (χ4n) is 9.92. The van der Waals surface area contributed by atoms with Crippen LogP contribution >= 0.6 is 0 Å². The largest absolute Gasteiger partial charge is 0.388 e. The number of aliphatic hydroxyl groups is 1. The lowest BCUT2D eigenvalue weighted by Crippen LogP contribution is -2.13. The Bertz CT molecular complexity index is 2540. The summed E-state index contributed by atoms with van der Waals surface area (Å²) in [5.74, 6) is 0.708. The van der Waals surface area contributed by atoms with Gasteiger partial charge in [-0.05, 0) is 245 Å². The summed E-state index contributed by atoms with van der Waals surface area (Å²) >= 11 is 0. The summed E-state index contributed by atoms with van der Waals surface area (Å²) < 4.78 is 5.60. The van der Waals surface area contributed by atoms with Crippen LogP contribution in [0.5, 0.6) is 0 Å². The Morgan fingerprint density at radius 3 is 1.69 bits per heavy atom. The number of Topliss-reactive ketones (excluding diaryl/α,β-unsaturated/α-hetero) is 2. The highest BCUT2D eigenvalue weighted by Gasteiger charge is 2.44. The summed E-state index contributed by atoms with van der Waals surface area (Å²) in [7, 11) is 0. The number of ketones is 2. The van der Waals surface area contributed by atoms with Crippen LogP contribution in [-0.2, 0) is 48.1 Å². The molecule has 3 atom stereocenters. The number of carbonyl (C=O) groups is 2. The van der Waals surface area contributed by atoms with Crippen LogP contribution in [0.15, 0.2) is 66.7 Å². The predicted molar refractivity (Wildman–Crippen MR) is 265 cm³/mol. The van der Waals surface area contributed by atoms with E-state index in [1.807, 2.05) is 6.07 Å². The standard InChI is InChI=1S/2C12H14O.C12H16O.C12H14O.C12H14/c1-7-5-9-3-4-11-12(13-11)10(9)6-8(7)2;1-8-5-10-3-4-12(13)7-11(10)6-9(8)2;2*1-8-6-10-4-3-5-12(13)11(10)7-9(8)2;1-9-7-11-5-3-4-6-12(11)8-10(9)2/h5-6,11-12H,3-4H2,1-2H3;5-6H,3-4,7H2,1-2H3;6-7,12-13H,3-5H2,1-2H3;6-7H,3-5H2,1-2H3;3,5,7-8H,4,6H2,1-2H3. The van der Waals surface area contributed by atoms with E-state index in [9.17, 15) is 14.7 Å². The molecule has 64 heavy (non-hydrogen) atoms. The van der Waals surface area contributed by atoms with E-state index in [0.717, 1.165) is 62.5 Å². The minimum Gasteiger partial charge on any atom is -0.388 e. The van der Waals surface area contributed by atoms with Crippen molar-refractivity contribution < 1.29 is 19.4 Å². The van der Waals surface area contributed by atoms with Crippen molar-refractivity contribution in [1.82, 2.24) is 0 Å². The van der Waals surface area contributed by atoms with Crippen molar-refractivity contribution in [2.75, 3.05) is 0 Å². The number of rotatable bonds is 0. The number of epoxide rings is 1. The molecule has 3 unspecified atom stereocenters. The SMILES string of the molecule is Cc1cc2c(cc1C)C(=O)CCC2.Cc1cc2c(cc1C)C(O)CCC2.Cc1cc2c(cc1C)C1OC1CC2.Cc1cc2c(cc1C)CC(=O)CC2.Cc1cc2c(cc1C)CCC=C2. The second-order valence-corrected chi connectivity index (χ2v) is 19.7. The molecule has 336 valence electrons. The zero-order chi connectivity index (χ0) is 45.8. The van der Waals surface area contributed by atoms with Crippen molar-refractivity contribution in [2.45, 2.75) is 171 Å². The van der Waals surface area contributed by atoms with E-state index in [4.69, 9.17) is 4.74 Å². The maximum absolute atomic E-state index is 11.5. The van der Waals surface area contributed by atoms with Crippen LogP contribution in [0.2, 0.25) is 0 Å². The van der Waals surface area contributed by atoms with Gasteiger partial charge >= 0.3 is 0 Å². The van der Waals surface area contributed by atoms with Gasteiger partial charge in [0.1, 0.15) is 11.9 Å². The topological polar surface area (TPSA) is 66.9 Å². The first-order valence-corrected chi connectivity index (χ1v) is 24.1. The van der Waals surface area contributed by atoms with Gasteiger partial charge in [0.2, 0.25) is 0 Å². The lowest BCUT2D eigenvalue weighted by molar-refractivity contribution is -0.118. The van der Waals surface area contributed by atoms with Crippen LogP contribution in [0.25, 0.3) is 6.08 Å². The first-order chi connectivity index (χ1) is 30.6. The van der Waals surface area contributed by atoms with Crippen LogP contribution in [0, 0.1) is 69.2 Å². The molecule has 0 saturated carbocycles. The van der Waals surface area contributed by atoms with Gasteiger partial charge in [0.05, 0.1) is 12.2 Å². The van der Waals surface area contributed by atoms with Gasteiger partial charge in [0, 0.05) is 24.8 Å². The minimum absolute atomic E-state index is 0.219. The molecule has 0 bridgehead atoms. The number of hydrogen-bond acceptors (Lipinski definition) is 4. The second-order valence-electron chi connectivity index (χ2n) is 19.7. The van der Waals surface area contributed by atoms with E-state index in [2.05, 4.69) is 136 Å². The molecule has 11 rings (SSSR count). The molecule has 5 aromatic carbocycles. The molecule has 0 spiro atoms. The third kappa shape index (κ3) is 11.3. The molecule has 4 heteroatoms. The Morgan fingerprint density at radius 2 is 1.00 bits per heavy atom. The number of ether oxygens (including phenoxy) is 1. The Kier molecular flexibility index (Phi) is 15.1. The third-order valence-electron chi connectivity index (χ3n) is 14.8. The van der Waals surface area contributed by atoms with Crippen molar-refractivity contribution in [3.63, 3.8) is 0 Å². The molecule has 1 saturated heterocycles. The molecule has 0 aromatic heterocycles. The summed E-state index contributed by atoms with van der Waals surface area (Å²) in [5, 5.41) is 9.78. The number of fused-ring (bicyclic) bond motifs is 7. The van der Waals surface area contributed by atoms with Gasteiger partial charge < -0.3 is 9.84 Å². The fraction of sp³-hybridized carbons (Fsp3) is 0.433. The maximum atomic E-state index is 11.5. The monoisotopic (exact) mass is 857 g/mol. The quantitative estimate of drug-likeness (QED) is 0.158. The third-order valence-corrected chi connectivity index (χ3v) is 14.8. The number of aliphatic hydroxyl groups excluding tert-OH is 1. The summed E-state index contributed by atoms with van der Waals surface area (Å²) in [6, 6.07) is 22.3. The normalized spacial score (nSPS) is 19.4. The summed E-state index contributed by atoms with van der Waals surface area (Å²) in [6.07, 6.45) is 18.5. The summed E-state index contributed by atoms with van der Waals surface area (Å²) in [4.78, 5) is 22.8. The lowest BCUT2D eigenvalue weighted by atomic mass is 9.87. The summed E-state index contributed by atoms with van der Waals surface area (Å²) in [6.45, 7) is 21.4. The van der Waals surface area contributed by atoms with Crippen molar-refractivity contribution in [1.29, 1.82) is 0 Å². The minimum atomic E-state index is -0.219. The van der Waals surface area contributed by atoms with Gasteiger partial charge in [-0.1, -0.05) is 66.7 Å². The molecular formula is C60H72O4. The van der Waals surface area contributed by atoms with Gasteiger partial charge in [-0.15, -0.1) is 0 Å². The molecule has 0 amide bonds. The molecule has 1 aliphatic heterocycles. The molecule has 6 aliphatic rings. The van der Waals surface area contributed by atoms with Crippen molar-refractivity contribution in [3.05, 3.63) is 178 Å². The van der Waals surface area contributed by atoms with Crippen LogP contribution in [0.1, 0.15) is 173 Å². The van der Waals surface area contributed by atoms with Gasteiger partial charge in [-0.3, -0.25) is 9.59 Å². The van der Waals surface area contributed by atoms with Crippen LogP contribution < -0.4 is 0 Å². The molecule has 0 radical (unpaired) electrons. The first-order valence-electron chi connectivity index (χ1n) is 24.1. The Labute approximate surface area is 384 Å². The molecule has 5 aliphatic carbocycles. The van der Waals surface area contributed by atoms with E-state index in [0.29, 0.717) is 30.2 Å². The molecule has 5 aromatic rings. The van der Waals surface area contributed by atoms with Crippen LogP contribution in [0.3, 0.4) is 0 Å². The average molecular weight is 857 g/mol. The van der Waals surface area contributed by atoms with E-state index in [1.165, 1.54) is 126 Å². The second kappa shape index (κ2) is 20.5. The molecule has 4 nitrogen and oxygen atoms in total. The van der Waals surface area contributed by atoms with E-state index in [-0.39, 0.29) is 6.10 Å². The number of carbonyl (C=O) groups excluding carboxylic acids is 2. The van der Waals surface area contributed by atoms with Crippen molar-refractivity contribution in [3.8, 4) is 0 Å². The van der Waals surface area contributed by atoms with E-state index in [1.54, 1.807) is 0 Å². The highest BCUT2D eigenvalue weighted by atomic mass is 16.6. The number of hydrogen-bond donors (Lipinski definition) is 1. The maximum Gasteiger partial charge on any atom is 0.163 e. The van der Waals surface area contributed by atoms with Crippen LogP contribution in [0.4, 0.5) is 0 Å². The lowest BCUT2D eigenvalue weighted by Gasteiger charge is -2.22. The van der Waals surface area contributed by atoms with Crippen LogP contribution in [-0.4, -0.2) is 22.8 Å². The van der Waals surface area contributed by atoms with Crippen molar-refractivity contribution in [2.24, 2.45) is 0 Å². The molecule has 1 N–H and O–H groups in total. The van der Waals surface area contributed by atoms with Gasteiger partial charge in [0.25, 0.3) is 0 Å². The summed E-state index contributed by atoms with van der Waals surface area (Å²) in [5.41, 5.74) is 26.7. The Hall–Kier alpha value is -4.90. The smallest absolute Gasteiger partial charge is 0.163 e. The zero-order valence-corrected chi connectivity index (χ0v) is 40.5. The first kappa shape index (κ1) is 47.1. The fourth-order valence-corrected chi connectivity index (χ4v) is 9.92. The number of benzene rings is 5. The van der Waals surface area contributed by atoms with Gasteiger partial charge in [-0.2, -0.15) is 0 Å². The van der Waals surface area contributed by atoms with Gasteiger partial charge in [-0.25, -0.2) is 0 Å². The predicted octanol–water partition coefficient (Wildman–Crippen LogP) is 13.8. The number of allylic oxidation sites excluding steroid dienone is 1. The van der Waals surface area contributed by atoms with Crippen molar-refractivity contribution >= 4 is 17.6 Å². The molecule has 1 heterocycles. The highest BCUT2D eigenvalue weighted by Crippen LogP contribution is 2.47. The number of aryl methyl sites for hydroxylation is 15. The molecular weight excluding hydrogens is 785 g/mol. The Morgan fingerprint density at radius 1 is 0.469 bits per heavy atom. The highest BCUT2D eigenvalue weighted by molar-refractivity contribution is 5.98. The Balaban J connectivity index is 0.000000120. The average Bonchev–Trinajstić information content (AvgIpc) is 4.06. The van der Waals surface area contributed by atoms with Gasteiger partial charge in [0.15, 0.2) is 5.78 Å².